The minimum Gasteiger partial charge on any atom is -0.481 e. The van der Waals surface area contributed by atoms with E-state index in [-0.39, 0.29) is 31.6 Å². The number of carbonyl (C=O) groups excluding carboxylic acids is 2. The van der Waals surface area contributed by atoms with E-state index in [1.165, 1.54) is 0 Å². The molecule has 8 nitrogen and oxygen atoms in total. The van der Waals surface area contributed by atoms with Gasteiger partial charge in [-0.15, -0.1) is 0 Å². The molecule has 35 heavy (non-hydrogen) atoms. The van der Waals surface area contributed by atoms with Gasteiger partial charge in [-0.1, -0.05) is 55.5 Å². The highest BCUT2D eigenvalue weighted by Gasteiger charge is 2.47. The van der Waals surface area contributed by atoms with Crippen molar-refractivity contribution >= 4 is 18.0 Å². The number of benzene rings is 2. The van der Waals surface area contributed by atoms with E-state index in [9.17, 15) is 14.4 Å². The van der Waals surface area contributed by atoms with Crippen LogP contribution in [0.5, 0.6) is 0 Å². The van der Waals surface area contributed by atoms with Crippen LogP contribution in [0.2, 0.25) is 0 Å². The zero-order valence-electron chi connectivity index (χ0n) is 20.1. The minimum absolute atomic E-state index is 0.0455. The molecule has 4 rings (SSSR count). The first kappa shape index (κ1) is 24.7. The number of aliphatic carboxylic acids is 1. The van der Waals surface area contributed by atoms with Crippen molar-refractivity contribution in [2.45, 2.75) is 38.6 Å². The minimum atomic E-state index is -0.940. The number of carboxylic acid groups (broad SMARTS) is 1. The molecule has 3 N–H and O–H groups in total. The van der Waals surface area contributed by atoms with Crippen LogP contribution >= 0.6 is 0 Å². The molecule has 2 aromatic rings. The predicted molar refractivity (Wildman–Crippen MR) is 130 cm³/mol. The molecule has 0 saturated carbocycles. The normalized spacial score (nSPS) is 21.6. The SMILES string of the molecule is CC(CCCNC(=O)C1(C)COCC1NC(=O)OCC1c2ccccc2-c2ccccc21)C(=O)O. The first-order chi connectivity index (χ1) is 16.8. The number of ether oxygens (including phenoxy) is 2. The monoisotopic (exact) mass is 480 g/mol. The van der Waals surface area contributed by atoms with Gasteiger partial charge in [0, 0.05) is 12.5 Å². The molecular weight excluding hydrogens is 448 g/mol. The molecule has 1 aliphatic carbocycles. The Morgan fingerprint density at radius 2 is 1.74 bits per heavy atom. The molecule has 3 unspecified atom stereocenters. The lowest BCUT2D eigenvalue weighted by Gasteiger charge is -2.28. The summed E-state index contributed by atoms with van der Waals surface area (Å²) in [7, 11) is 0. The fourth-order valence-corrected chi connectivity index (χ4v) is 4.82. The highest BCUT2D eigenvalue weighted by molar-refractivity contribution is 5.84. The molecule has 1 aliphatic heterocycles. The largest absolute Gasteiger partial charge is 0.481 e. The van der Waals surface area contributed by atoms with Crippen LogP contribution in [0.1, 0.15) is 43.7 Å². The number of fused-ring (bicyclic) bond motifs is 3. The average molecular weight is 481 g/mol. The van der Waals surface area contributed by atoms with Crippen LogP contribution in [0.4, 0.5) is 4.79 Å². The Bertz CT molecular complexity index is 1060. The van der Waals surface area contributed by atoms with Gasteiger partial charge in [-0.05, 0) is 42.0 Å². The van der Waals surface area contributed by atoms with Crippen LogP contribution in [0.3, 0.4) is 0 Å². The van der Waals surface area contributed by atoms with Gasteiger partial charge in [-0.25, -0.2) is 4.79 Å². The van der Waals surface area contributed by atoms with Crippen LogP contribution in [0, 0.1) is 11.3 Å². The smallest absolute Gasteiger partial charge is 0.407 e. The van der Waals surface area contributed by atoms with Crippen LogP contribution in [-0.4, -0.2) is 55.5 Å². The number of amides is 2. The van der Waals surface area contributed by atoms with E-state index in [2.05, 4.69) is 34.9 Å². The molecule has 0 radical (unpaired) electrons. The van der Waals surface area contributed by atoms with Gasteiger partial charge in [-0.3, -0.25) is 9.59 Å². The predicted octanol–water partition coefficient (Wildman–Crippen LogP) is 3.55. The van der Waals surface area contributed by atoms with Crippen molar-refractivity contribution in [3.8, 4) is 11.1 Å². The lowest BCUT2D eigenvalue weighted by atomic mass is 9.84. The summed E-state index contributed by atoms with van der Waals surface area (Å²) in [5.41, 5.74) is 3.63. The lowest BCUT2D eigenvalue weighted by molar-refractivity contribution is -0.141. The van der Waals surface area contributed by atoms with Crippen molar-refractivity contribution in [1.82, 2.24) is 10.6 Å². The van der Waals surface area contributed by atoms with Crippen molar-refractivity contribution < 1.29 is 29.0 Å². The van der Waals surface area contributed by atoms with E-state index >= 15 is 0 Å². The lowest BCUT2D eigenvalue weighted by Crippen LogP contribution is -2.53. The summed E-state index contributed by atoms with van der Waals surface area (Å²) in [6.07, 6.45) is 0.446. The van der Waals surface area contributed by atoms with Crippen molar-refractivity contribution in [1.29, 1.82) is 0 Å². The summed E-state index contributed by atoms with van der Waals surface area (Å²) in [6.45, 7) is 4.35. The van der Waals surface area contributed by atoms with Crippen molar-refractivity contribution in [2.75, 3.05) is 26.4 Å². The third-order valence-corrected chi connectivity index (χ3v) is 7.13. The Hall–Kier alpha value is -3.39. The number of nitrogens with one attached hydrogen (secondary N) is 2. The van der Waals surface area contributed by atoms with Gasteiger partial charge in [0.25, 0.3) is 0 Å². The maximum absolute atomic E-state index is 12.9. The van der Waals surface area contributed by atoms with Gasteiger partial charge in [0.05, 0.1) is 30.6 Å². The van der Waals surface area contributed by atoms with Crippen molar-refractivity contribution in [3.63, 3.8) is 0 Å². The molecule has 186 valence electrons. The quantitative estimate of drug-likeness (QED) is 0.473. The standard InChI is InChI=1S/C27H32N2O6/c1-17(24(30)31)8-7-13-28-25(32)27(2)16-34-15-23(27)29-26(33)35-14-22-20-11-5-3-9-18(20)19-10-4-6-12-21(19)22/h3-6,9-12,17,22-23H,7-8,13-16H2,1-2H3,(H,28,32)(H,29,33)(H,30,31). The van der Waals surface area contributed by atoms with Gasteiger partial charge < -0.3 is 25.2 Å². The molecule has 0 bridgehead atoms. The van der Waals surface area contributed by atoms with Crippen LogP contribution in [0.15, 0.2) is 48.5 Å². The van der Waals surface area contributed by atoms with Crippen molar-refractivity contribution in [3.05, 3.63) is 59.7 Å². The van der Waals surface area contributed by atoms with E-state index in [1.54, 1.807) is 13.8 Å². The first-order valence-electron chi connectivity index (χ1n) is 12.0. The molecule has 2 aliphatic rings. The van der Waals surface area contributed by atoms with E-state index in [4.69, 9.17) is 14.6 Å². The van der Waals surface area contributed by atoms with Gasteiger partial charge in [0.2, 0.25) is 5.91 Å². The summed E-state index contributed by atoms with van der Waals surface area (Å²) >= 11 is 0. The molecule has 2 amide bonds. The molecular formula is C27H32N2O6. The highest BCUT2D eigenvalue weighted by Crippen LogP contribution is 2.44. The number of hydrogen-bond acceptors (Lipinski definition) is 5. The summed E-state index contributed by atoms with van der Waals surface area (Å²) < 4.78 is 11.2. The fourth-order valence-electron chi connectivity index (χ4n) is 4.82. The molecule has 8 heteroatoms. The molecule has 1 saturated heterocycles. The Balaban J connectivity index is 1.32. The summed E-state index contributed by atoms with van der Waals surface area (Å²) in [6, 6.07) is 15.7. The van der Waals surface area contributed by atoms with Crippen LogP contribution in [-0.2, 0) is 19.1 Å². The third kappa shape index (κ3) is 5.17. The average Bonchev–Trinajstić information content (AvgIpc) is 3.38. The van der Waals surface area contributed by atoms with Crippen LogP contribution < -0.4 is 10.6 Å². The number of carbonyl (C=O) groups is 3. The van der Waals surface area contributed by atoms with E-state index in [1.807, 2.05) is 24.3 Å². The fraction of sp³-hybridized carbons (Fsp3) is 0.444. The van der Waals surface area contributed by atoms with Crippen LogP contribution in [0.25, 0.3) is 11.1 Å². The Morgan fingerprint density at radius 1 is 1.11 bits per heavy atom. The van der Waals surface area contributed by atoms with E-state index in [0.717, 1.165) is 22.3 Å². The maximum atomic E-state index is 12.9. The van der Waals surface area contributed by atoms with Gasteiger partial charge in [0.15, 0.2) is 0 Å². The third-order valence-electron chi connectivity index (χ3n) is 7.13. The number of alkyl carbamates (subject to hydrolysis) is 1. The maximum Gasteiger partial charge on any atom is 0.407 e. The molecule has 1 heterocycles. The number of rotatable bonds is 9. The van der Waals surface area contributed by atoms with E-state index in [0.29, 0.717) is 19.4 Å². The highest BCUT2D eigenvalue weighted by atomic mass is 16.5. The van der Waals surface area contributed by atoms with Gasteiger partial charge in [-0.2, -0.15) is 0 Å². The topological polar surface area (TPSA) is 114 Å². The zero-order chi connectivity index (χ0) is 25.0. The Labute approximate surface area is 205 Å². The second kappa shape index (κ2) is 10.5. The summed E-state index contributed by atoms with van der Waals surface area (Å²) in [5, 5.41) is 14.7. The van der Waals surface area contributed by atoms with Gasteiger partial charge >= 0.3 is 12.1 Å². The molecule has 3 atom stereocenters. The number of carboxylic acids is 1. The van der Waals surface area contributed by atoms with Gasteiger partial charge in [0.1, 0.15) is 6.61 Å². The first-order valence-corrected chi connectivity index (χ1v) is 12.0. The van der Waals surface area contributed by atoms with Crippen molar-refractivity contribution in [2.24, 2.45) is 11.3 Å². The molecule has 1 fully saturated rings. The molecule has 0 aromatic heterocycles. The second-order valence-corrected chi connectivity index (χ2v) is 9.59. The summed E-state index contributed by atoms with van der Waals surface area (Å²) in [4.78, 5) is 36.5. The summed E-state index contributed by atoms with van der Waals surface area (Å²) in [5.74, 6) is -1.59. The molecule has 2 aromatic carbocycles. The van der Waals surface area contributed by atoms with E-state index < -0.39 is 29.4 Å². The Morgan fingerprint density at radius 3 is 2.37 bits per heavy atom. The zero-order valence-corrected chi connectivity index (χ0v) is 20.1. The second-order valence-electron chi connectivity index (χ2n) is 9.59. The molecule has 0 spiro atoms. The Kier molecular flexibility index (Phi) is 7.40. The number of hydrogen-bond donors (Lipinski definition) is 3.